The Morgan fingerprint density at radius 3 is 2.56 bits per heavy atom. The van der Waals surface area contributed by atoms with Gasteiger partial charge in [0, 0.05) is 0 Å². The quantitative estimate of drug-likeness (QED) is 0.852. The molecule has 2 aromatic rings. The average molecular weight is 338 g/mol. The van der Waals surface area contributed by atoms with Gasteiger partial charge in [-0.2, -0.15) is 0 Å². The summed E-state index contributed by atoms with van der Waals surface area (Å²) < 4.78 is 5.67. The first-order chi connectivity index (χ1) is 11.9. The standard InChI is InChI=1S/C20H22N2O3/c1-14-7-6-9-16(13-14)25-12-11-22-18(23)20(3,21-19(22)24)17-10-5-4-8-15(17)2/h4-10,13H,11-12H2,1-3H3,(H,21,24). The summed E-state index contributed by atoms with van der Waals surface area (Å²) in [4.78, 5) is 26.4. The van der Waals surface area contributed by atoms with Crippen LogP contribution in [0.5, 0.6) is 5.75 Å². The first kappa shape index (κ1) is 17.0. The Hall–Kier alpha value is -2.82. The van der Waals surface area contributed by atoms with E-state index in [2.05, 4.69) is 5.32 Å². The van der Waals surface area contributed by atoms with Gasteiger partial charge in [0.05, 0.1) is 6.54 Å². The van der Waals surface area contributed by atoms with Crippen molar-refractivity contribution in [3.63, 3.8) is 0 Å². The van der Waals surface area contributed by atoms with Crippen molar-refractivity contribution in [2.24, 2.45) is 0 Å². The van der Waals surface area contributed by atoms with Crippen LogP contribution in [0.3, 0.4) is 0 Å². The SMILES string of the molecule is Cc1cccc(OCCN2C(=O)NC(C)(c3ccccc3C)C2=O)c1. The van der Waals surface area contributed by atoms with Gasteiger partial charge in [-0.05, 0) is 49.6 Å². The third-order valence-electron chi connectivity index (χ3n) is 4.53. The molecule has 1 aliphatic heterocycles. The van der Waals surface area contributed by atoms with Gasteiger partial charge >= 0.3 is 6.03 Å². The molecule has 1 unspecified atom stereocenters. The van der Waals surface area contributed by atoms with Crippen LogP contribution in [-0.4, -0.2) is 30.0 Å². The maximum Gasteiger partial charge on any atom is 0.325 e. The number of benzene rings is 2. The van der Waals surface area contributed by atoms with E-state index in [-0.39, 0.29) is 25.1 Å². The van der Waals surface area contributed by atoms with Crippen LogP contribution < -0.4 is 10.1 Å². The molecule has 0 aliphatic carbocycles. The lowest BCUT2D eigenvalue weighted by atomic mass is 9.88. The van der Waals surface area contributed by atoms with E-state index in [1.807, 2.05) is 62.4 Å². The van der Waals surface area contributed by atoms with Crippen LogP contribution in [-0.2, 0) is 10.3 Å². The Morgan fingerprint density at radius 2 is 1.84 bits per heavy atom. The molecule has 1 aliphatic rings. The summed E-state index contributed by atoms with van der Waals surface area (Å²) in [6.45, 7) is 6.13. The van der Waals surface area contributed by atoms with Crippen molar-refractivity contribution >= 4 is 11.9 Å². The van der Waals surface area contributed by atoms with Crippen molar-refractivity contribution in [1.29, 1.82) is 0 Å². The van der Waals surface area contributed by atoms with Crippen molar-refractivity contribution < 1.29 is 14.3 Å². The molecule has 3 rings (SSSR count). The Labute approximate surface area is 147 Å². The number of nitrogens with zero attached hydrogens (tertiary/aromatic N) is 1. The van der Waals surface area contributed by atoms with Gasteiger partial charge in [-0.25, -0.2) is 4.79 Å². The smallest absolute Gasteiger partial charge is 0.325 e. The monoisotopic (exact) mass is 338 g/mol. The number of amides is 3. The van der Waals surface area contributed by atoms with Crippen LogP contribution in [0, 0.1) is 13.8 Å². The molecule has 1 heterocycles. The normalized spacial score (nSPS) is 19.9. The maximum atomic E-state index is 12.9. The fraction of sp³-hybridized carbons (Fsp3) is 0.300. The predicted molar refractivity (Wildman–Crippen MR) is 95.4 cm³/mol. The molecule has 1 N–H and O–H groups in total. The molecule has 1 atom stereocenters. The highest BCUT2D eigenvalue weighted by Crippen LogP contribution is 2.30. The zero-order valence-electron chi connectivity index (χ0n) is 14.7. The van der Waals surface area contributed by atoms with Gasteiger partial charge in [0.15, 0.2) is 0 Å². The van der Waals surface area contributed by atoms with Crippen molar-refractivity contribution in [2.45, 2.75) is 26.3 Å². The summed E-state index contributed by atoms with van der Waals surface area (Å²) in [6, 6.07) is 14.9. The second-order valence-electron chi connectivity index (χ2n) is 6.49. The molecular formula is C20H22N2O3. The van der Waals surface area contributed by atoms with Gasteiger partial charge in [-0.3, -0.25) is 9.69 Å². The molecular weight excluding hydrogens is 316 g/mol. The van der Waals surface area contributed by atoms with Gasteiger partial charge in [0.25, 0.3) is 5.91 Å². The van der Waals surface area contributed by atoms with Gasteiger partial charge in [0.1, 0.15) is 17.9 Å². The second kappa shape index (κ2) is 6.59. The van der Waals surface area contributed by atoms with Gasteiger partial charge in [-0.15, -0.1) is 0 Å². The van der Waals surface area contributed by atoms with E-state index in [4.69, 9.17) is 4.74 Å². The molecule has 0 radical (unpaired) electrons. The number of nitrogens with one attached hydrogen (secondary N) is 1. The van der Waals surface area contributed by atoms with E-state index < -0.39 is 5.54 Å². The van der Waals surface area contributed by atoms with Gasteiger partial charge in [0.2, 0.25) is 0 Å². The van der Waals surface area contributed by atoms with Crippen LogP contribution in [0.4, 0.5) is 4.79 Å². The number of carbonyl (C=O) groups is 2. The molecule has 0 spiro atoms. The number of ether oxygens (including phenoxy) is 1. The Kier molecular flexibility index (Phi) is 4.49. The van der Waals surface area contributed by atoms with Crippen molar-refractivity contribution in [2.75, 3.05) is 13.2 Å². The summed E-state index contributed by atoms with van der Waals surface area (Å²) in [6.07, 6.45) is 0. The molecule has 5 nitrogen and oxygen atoms in total. The van der Waals surface area contributed by atoms with Crippen LogP contribution in [0.15, 0.2) is 48.5 Å². The second-order valence-corrected chi connectivity index (χ2v) is 6.49. The zero-order valence-corrected chi connectivity index (χ0v) is 14.7. The fourth-order valence-electron chi connectivity index (χ4n) is 3.18. The van der Waals surface area contributed by atoms with Crippen molar-refractivity contribution in [3.05, 3.63) is 65.2 Å². The molecule has 5 heteroatoms. The van der Waals surface area contributed by atoms with E-state index in [9.17, 15) is 9.59 Å². The molecule has 25 heavy (non-hydrogen) atoms. The van der Waals surface area contributed by atoms with Crippen LogP contribution in [0.2, 0.25) is 0 Å². The molecule has 130 valence electrons. The summed E-state index contributed by atoms with van der Waals surface area (Å²) in [5.41, 5.74) is 1.85. The number of aryl methyl sites for hydroxylation is 2. The lowest BCUT2D eigenvalue weighted by molar-refractivity contribution is -0.131. The highest BCUT2D eigenvalue weighted by atomic mass is 16.5. The van der Waals surface area contributed by atoms with Crippen molar-refractivity contribution in [1.82, 2.24) is 10.2 Å². The zero-order chi connectivity index (χ0) is 18.0. The third-order valence-corrected chi connectivity index (χ3v) is 4.53. The predicted octanol–water partition coefficient (Wildman–Crippen LogP) is 3.15. The third kappa shape index (κ3) is 3.22. The van der Waals surface area contributed by atoms with E-state index >= 15 is 0 Å². The van der Waals surface area contributed by atoms with Crippen molar-refractivity contribution in [3.8, 4) is 5.75 Å². The molecule has 0 bridgehead atoms. The average Bonchev–Trinajstić information content (AvgIpc) is 2.79. The highest BCUT2D eigenvalue weighted by molar-refractivity contribution is 6.07. The molecule has 0 saturated carbocycles. The van der Waals surface area contributed by atoms with Gasteiger partial charge in [-0.1, -0.05) is 36.4 Å². The number of hydrogen-bond donors (Lipinski definition) is 1. The van der Waals surface area contributed by atoms with E-state index in [0.29, 0.717) is 0 Å². The lowest BCUT2D eigenvalue weighted by Crippen LogP contribution is -2.41. The topological polar surface area (TPSA) is 58.6 Å². The number of carbonyl (C=O) groups excluding carboxylic acids is 2. The van der Waals surface area contributed by atoms with Crippen LogP contribution in [0.25, 0.3) is 0 Å². The number of imide groups is 1. The Bertz CT molecular complexity index is 818. The van der Waals surface area contributed by atoms with Crippen LogP contribution >= 0.6 is 0 Å². The van der Waals surface area contributed by atoms with Gasteiger partial charge < -0.3 is 10.1 Å². The fourth-order valence-corrected chi connectivity index (χ4v) is 3.18. The van der Waals surface area contributed by atoms with E-state index in [1.165, 1.54) is 4.90 Å². The summed E-state index contributed by atoms with van der Waals surface area (Å²) in [5, 5.41) is 2.83. The number of urea groups is 1. The first-order valence-corrected chi connectivity index (χ1v) is 8.31. The maximum absolute atomic E-state index is 12.9. The molecule has 1 fully saturated rings. The Balaban J connectivity index is 1.70. The summed E-state index contributed by atoms with van der Waals surface area (Å²) in [5.74, 6) is 0.480. The number of hydrogen-bond acceptors (Lipinski definition) is 3. The van der Waals surface area contributed by atoms with E-state index in [0.717, 1.165) is 22.4 Å². The summed E-state index contributed by atoms with van der Waals surface area (Å²) >= 11 is 0. The Morgan fingerprint density at radius 1 is 1.08 bits per heavy atom. The number of rotatable bonds is 5. The van der Waals surface area contributed by atoms with Crippen LogP contribution in [0.1, 0.15) is 23.6 Å². The minimum absolute atomic E-state index is 0.208. The molecule has 0 aromatic heterocycles. The highest BCUT2D eigenvalue weighted by Gasteiger charge is 2.49. The molecule has 2 aromatic carbocycles. The van der Waals surface area contributed by atoms with E-state index in [1.54, 1.807) is 6.92 Å². The lowest BCUT2D eigenvalue weighted by Gasteiger charge is -2.24. The molecule has 3 amide bonds. The minimum atomic E-state index is -1.04. The molecule has 1 saturated heterocycles. The largest absolute Gasteiger partial charge is 0.492 e. The minimum Gasteiger partial charge on any atom is -0.492 e. The summed E-state index contributed by atoms with van der Waals surface area (Å²) in [7, 11) is 0. The first-order valence-electron chi connectivity index (χ1n) is 8.31.